The van der Waals surface area contributed by atoms with E-state index in [1.165, 1.54) is 6.07 Å². The number of nitrogens with one attached hydrogen (secondary N) is 1. The van der Waals surface area contributed by atoms with Crippen molar-refractivity contribution >= 4 is 21.6 Å². The second kappa shape index (κ2) is 12.7. The lowest BCUT2D eigenvalue weighted by atomic mass is 9.68. The van der Waals surface area contributed by atoms with Gasteiger partial charge in [0.1, 0.15) is 5.82 Å². The molecule has 0 aromatic heterocycles. The number of carboxylic acid groups (broad SMARTS) is 1. The molecule has 8 nitrogen and oxygen atoms in total. The first-order valence-corrected chi connectivity index (χ1v) is 18.6. The molecule has 0 bridgehead atoms. The van der Waals surface area contributed by atoms with E-state index < -0.39 is 21.6 Å². The normalized spacial score (nSPS) is 27.0. The number of piperidine rings is 1. The van der Waals surface area contributed by atoms with Crippen LogP contribution in [-0.4, -0.2) is 92.2 Å². The number of carbonyl (C=O) groups is 1. The van der Waals surface area contributed by atoms with E-state index in [9.17, 15) is 22.7 Å². The standard InChI is InChI=1S/C35H46F2N4O4S/c36-26-5-1-4-25(20-26)33(40-16-3-17-40)32(30-6-2-7-31(30)38-34(42)43)24-14-18-39(19-15-24)21-35(37)22-41(23-35)27-8-10-28(11-9-27)46(44,45)29-12-13-29/h1,4-5,8-11,20,24,29-33,38H,2-3,6-7,12-19,21-23H2,(H,42,43)/t30-,31-,32-,33+/m0/s1. The Bertz CT molecular complexity index is 1500. The van der Waals surface area contributed by atoms with Crippen LogP contribution in [0.1, 0.15) is 63.0 Å². The fourth-order valence-corrected chi connectivity index (χ4v) is 10.5. The molecule has 2 N–H and O–H groups in total. The molecule has 3 heterocycles. The van der Waals surface area contributed by atoms with Gasteiger partial charge in [-0.05, 0) is 131 Å². The molecule has 2 saturated carbocycles. The molecular formula is C35H46F2N4O4S. The highest BCUT2D eigenvalue weighted by Crippen LogP contribution is 2.49. The summed E-state index contributed by atoms with van der Waals surface area (Å²) in [5, 5.41) is 12.2. The molecule has 5 fully saturated rings. The minimum absolute atomic E-state index is 0.0283. The number of hydrogen-bond donors (Lipinski definition) is 2. The third-order valence-corrected chi connectivity index (χ3v) is 13.6. The average molecular weight is 657 g/mol. The highest BCUT2D eigenvalue weighted by atomic mass is 32.2. The number of alkyl halides is 1. The summed E-state index contributed by atoms with van der Waals surface area (Å²) in [5.41, 5.74) is 0.498. The first-order chi connectivity index (χ1) is 22.1. The number of benzene rings is 2. The van der Waals surface area contributed by atoms with E-state index in [4.69, 9.17) is 0 Å². The Kier molecular flexibility index (Phi) is 8.78. The summed E-state index contributed by atoms with van der Waals surface area (Å²) in [5.74, 6) is 0.421. The van der Waals surface area contributed by atoms with Crippen molar-refractivity contribution in [3.63, 3.8) is 0 Å². The largest absolute Gasteiger partial charge is 0.465 e. The highest BCUT2D eigenvalue weighted by Gasteiger charge is 2.48. The quantitative estimate of drug-likeness (QED) is 0.330. The van der Waals surface area contributed by atoms with Gasteiger partial charge >= 0.3 is 6.09 Å². The Morgan fingerprint density at radius 3 is 2.28 bits per heavy atom. The minimum Gasteiger partial charge on any atom is -0.465 e. The molecule has 1 amide bonds. The van der Waals surface area contributed by atoms with Gasteiger partial charge in [-0.2, -0.15) is 0 Å². The molecule has 11 heteroatoms. The predicted molar refractivity (Wildman–Crippen MR) is 173 cm³/mol. The number of likely N-dealkylation sites (tertiary alicyclic amines) is 2. The molecule has 4 atom stereocenters. The molecule has 0 unspecified atom stereocenters. The molecule has 0 spiro atoms. The van der Waals surface area contributed by atoms with E-state index in [-0.39, 0.29) is 48.1 Å². The van der Waals surface area contributed by atoms with E-state index in [0.29, 0.717) is 17.4 Å². The van der Waals surface area contributed by atoms with Gasteiger partial charge in [0, 0.05) is 24.3 Å². The zero-order valence-corrected chi connectivity index (χ0v) is 27.2. The van der Waals surface area contributed by atoms with Crippen LogP contribution in [0.15, 0.2) is 53.4 Å². The van der Waals surface area contributed by atoms with E-state index in [2.05, 4.69) is 15.1 Å². The maximum atomic E-state index is 15.9. The van der Waals surface area contributed by atoms with E-state index in [1.54, 1.807) is 36.4 Å². The van der Waals surface area contributed by atoms with Crippen molar-refractivity contribution in [2.75, 3.05) is 50.7 Å². The second-order valence-corrected chi connectivity index (χ2v) is 16.7. The van der Waals surface area contributed by atoms with Crippen LogP contribution in [0.5, 0.6) is 0 Å². The Hall–Kier alpha value is -2.76. The van der Waals surface area contributed by atoms with Crippen LogP contribution in [-0.2, 0) is 9.84 Å². The van der Waals surface area contributed by atoms with Gasteiger partial charge in [0.2, 0.25) is 0 Å². The number of amides is 1. The number of halogens is 2. The first kappa shape index (κ1) is 31.8. The Labute approximate surface area is 271 Å². The predicted octanol–water partition coefficient (Wildman–Crippen LogP) is 5.50. The van der Waals surface area contributed by atoms with Gasteiger partial charge in [0.05, 0.1) is 23.2 Å². The van der Waals surface area contributed by atoms with Gasteiger partial charge in [-0.15, -0.1) is 0 Å². The third-order valence-electron chi connectivity index (χ3n) is 11.3. The van der Waals surface area contributed by atoms with Crippen LogP contribution in [0.3, 0.4) is 0 Å². The van der Waals surface area contributed by atoms with E-state index in [0.717, 1.165) is 88.8 Å². The highest BCUT2D eigenvalue weighted by molar-refractivity contribution is 7.92. The topological polar surface area (TPSA) is 93.2 Å². The van der Waals surface area contributed by atoms with E-state index >= 15 is 4.39 Å². The third kappa shape index (κ3) is 6.52. The number of rotatable bonds is 11. The summed E-state index contributed by atoms with van der Waals surface area (Å²) >= 11 is 0. The Morgan fingerprint density at radius 2 is 1.67 bits per heavy atom. The molecular weight excluding hydrogens is 610 g/mol. The molecule has 2 aromatic carbocycles. The lowest BCUT2D eigenvalue weighted by Gasteiger charge is -2.51. The first-order valence-electron chi connectivity index (χ1n) is 17.1. The zero-order valence-electron chi connectivity index (χ0n) is 26.4. The number of sulfone groups is 1. The number of anilines is 1. The van der Waals surface area contributed by atoms with Gasteiger partial charge in [-0.25, -0.2) is 22.0 Å². The summed E-state index contributed by atoms with van der Waals surface area (Å²) in [6, 6.07) is 13.8. The number of hydrogen-bond acceptors (Lipinski definition) is 6. The molecule has 7 rings (SSSR count). The second-order valence-electron chi connectivity index (χ2n) is 14.5. The average Bonchev–Trinajstić information content (AvgIpc) is 3.77. The van der Waals surface area contributed by atoms with Crippen molar-refractivity contribution < 1.29 is 27.1 Å². The van der Waals surface area contributed by atoms with Gasteiger partial charge in [-0.3, -0.25) is 9.80 Å². The Morgan fingerprint density at radius 1 is 0.957 bits per heavy atom. The SMILES string of the molecule is O=C(O)N[C@H]1CCC[C@@H]1[C@H](C1CCN(CC2(F)CN(c3ccc(S(=O)(=O)C4CC4)cc3)C2)CC1)[C@@H](c1cccc(F)c1)N1CCC1. The maximum absolute atomic E-state index is 15.9. The van der Waals surface area contributed by atoms with Crippen molar-refractivity contribution in [2.45, 2.75) is 79.3 Å². The van der Waals surface area contributed by atoms with Crippen LogP contribution < -0.4 is 10.2 Å². The summed E-state index contributed by atoms with van der Waals surface area (Å²) in [7, 11) is -3.24. The molecule has 0 radical (unpaired) electrons. The Balaban J connectivity index is 1.01. The molecule has 250 valence electrons. The molecule has 3 saturated heterocycles. The molecule has 46 heavy (non-hydrogen) atoms. The molecule has 2 aliphatic carbocycles. The van der Waals surface area contributed by atoms with Crippen LogP contribution in [0.2, 0.25) is 0 Å². The fraction of sp³-hybridized carbons (Fsp3) is 0.629. The lowest BCUT2D eigenvalue weighted by Crippen LogP contribution is -2.64. The minimum atomic E-state index is -3.24. The van der Waals surface area contributed by atoms with Gasteiger partial charge in [0.15, 0.2) is 15.5 Å². The summed E-state index contributed by atoms with van der Waals surface area (Å²) in [6.45, 7) is 4.40. The molecule has 5 aliphatic rings. The summed E-state index contributed by atoms with van der Waals surface area (Å²) < 4.78 is 55.6. The summed E-state index contributed by atoms with van der Waals surface area (Å²) in [4.78, 5) is 18.8. The van der Waals surface area contributed by atoms with Crippen LogP contribution in [0, 0.1) is 23.6 Å². The van der Waals surface area contributed by atoms with Crippen molar-refractivity contribution in [1.82, 2.24) is 15.1 Å². The number of nitrogens with zero attached hydrogens (tertiary/aromatic N) is 3. The monoisotopic (exact) mass is 656 g/mol. The van der Waals surface area contributed by atoms with E-state index in [1.807, 2.05) is 11.0 Å². The van der Waals surface area contributed by atoms with Crippen molar-refractivity contribution in [3.8, 4) is 0 Å². The summed E-state index contributed by atoms with van der Waals surface area (Å²) in [6.07, 6.45) is 6.13. The smallest absolute Gasteiger partial charge is 0.404 e. The van der Waals surface area contributed by atoms with Crippen molar-refractivity contribution in [1.29, 1.82) is 0 Å². The van der Waals surface area contributed by atoms with Crippen LogP contribution in [0.4, 0.5) is 19.3 Å². The van der Waals surface area contributed by atoms with Gasteiger partial charge < -0.3 is 15.3 Å². The van der Waals surface area contributed by atoms with Crippen molar-refractivity contribution in [3.05, 3.63) is 59.9 Å². The fourth-order valence-electron chi connectivity index (χ4n) is 8.85. The lowest BCUT2D eigenvalue weighted by molar-refractivity contribution is -0.00951. The zero-order chi connectivity index (χ0) is 32.1. The van der Waals surface area contributed by atoms with Gasteiger partial charge in [0.25, 0.3) is 0 Å². The van der Waals surface area contributed by atoms with Crippen molar-refractivity contribution in [2.24, 2.45) is 17.8 Å². The molecule has 2 aromatic rings. The van der Waals surface area contributed by atoms with Gasteiger partial charge in [-0.1, -0.05) is 18.6 Å². The molecule has 3 aliphatic heterocycles. The van der Waals surface area contributed by atoms with Crippen LogP contribution >= 0.6 is 0 Å². The maximum Gasteiger partial charge on any atom is 0.404 e. The van der Waals surface area contributed by atoms with Crippen LogP contribution in [0.25, 0.3) is 0 Å².